The summed E-state index contributed by atoms with van der Waals surface area (Å²) in [6.45, 7) is 3.51. The third-order valence-electron chi connectivity index (χ3n) is 6.23. The van der Waals surface area contributed by atoms with Gasteiger partial charge in [-0.25, -0.2) is 19.3 Å². The third kappa shape index (κ3) is 5.95. The number of carbonyl (C=O) groups excluding carboxylic acids is 1. The number of nitrogens with zero attached hydrogens (tertiary/aromatic N) is 4. The molecule has 0 atom stereocenters. The second-order valence-electron chi connectivity index (χ2n) is 8.72. The molecule has 190 valence electrons. The van der Waals surface area contributed by atoms with Gasteiger partial charge >= 0.3 is 0 Å². The summed E-state index contributed by atoms with van der Waals surface area (Å²) in [5.74, 6) is -0.518. The molecular weight excluding hydrogens is 511 g/mol. The lowest BCUT2D eigenvalue weighted by Crippen LogP contribution is -2.45. The van der Waals surface area contributed by atoms with Crippen molar-refractivity contribution in [3.05, 3.63) is 84.0 Å². The van der Waals surface area contributed by atoms with Crippen molar-refractivity contribution in [1.29, 1.82) is 0 Å². The molecule has 0 saturated carbocycles. The molecule has 8 nitrogen and oxygen atoms in total. The smallest absolute Gasteiger partial charge is 0.273 e. The molecule has 1 aliphatic heterocycles. The minimum absolute atomic E-state index is 0.231. The van der Waals surface area contributed by atoms with Crippen LogP contribution in [-0.4, -0.2) is 45.6 Å². The van der Waals surface area contributed by atoms with Gasteiger partial charge in [-0.2, -0.15) is 0 Å². The first-order valence-electron chi connectivity index (χ1n) is 11.8. The Bertz CT molecular complexity index is 1380. The van der Waals surface area contributed by atoms with Crippen LogP contribution in [0.1, 0.15) is 34.5 Å². The summed E-state index contributed by atoms with van der Waals surface area (Å²) in [7, 11) is 0. The SMILES string of the molecule is Cc1ccnc(Nc2ncc(Sc3ccnc(C(=O)NCC4(c5cccnc5)CCOCC4)c3F)s2)c1. The van der Waals surface area contributed by atoms with E-state index in [4.69, 9.17) is 4.74 Å². The van der Waals surface area contributed by atoms with Crippen molar-refractivity contribution in [2.45, 2.75) is 34.3 Å². The molecule has 0 bridgehead atoms. The molecule has 0 radical (unpaired) electrons. The van der Waals surface area contributed by atoms with Gasteiger partial charge in [-0.1, -0.05) is 29.2 Å². The maximum atomic E-state index is 15.4. The highest BCUT2D eigenvalue weighted by Gasteiger charge is 2.35. The molecule has 4 aromatic rings. The van der Waals surface area contributed by atoms with Gasteiger partial charge in [0, 0.05) is 50.0 Å². The number of anilines is 2. The first-order chi connectivity index (χ1) is 18.0. The molecular formula is C26H25FN6O2S2. The summed E-state index contributed by atoms with van der Waals surface area (Å²) >= 11 is 2.57. The Kier molecular flexibility index (Phi) is 7.73. The van der Waals surface area contributed by atoms with E-state index < -0.39 is 11.7 Å². The first-order valence-corrected chi connectivity index (χ1v) is 13.4. The van der Waals surface area contributed by atoms with Gasteiger partial charge in [0.2, 0.25) is 0 Å². The van der Waals surface area contributed by atoms with Gasteiger partial charge in [0.05, 0.1) is 15.3 Å². The number of aryl methyl sites for hydroxylation is 1. The van der Waals surface area contributed by atoms with Gasteiger partial charge in [0.1, 0.15) is 5.82 Å². The number of thiazole rings is 1. The molecule has 4 aromatic heterocycles. The lowest BCUT2D eigenvalue weighted by Gasteiger charge is -2.37. The molecule has 2 N–H and O–H groups in total. The zero-order valence-corrected chi connectivity index (χ0v) is 21.7. The number of nitrogens with one attached hydrogen (secondary N) is 2. The van der Waals surface area contributed by atoms with E-state index in [2.05, 4.69) is 30.6 Å². The molecule has 1 fully saturated rings. The van der Waals surface area contributed by atoms with Crippen LogP contribution < -0.4 is 10.6 Å². The van der Waals surface area contributed by atoms with Crippen LogP contribution in [-0.2, 0) is 10.2 Å². The fraction of sp³-hybridized carbons (Fsp3) is 0.269. The van der Waals surface area contributed by atoms with Crippen LogP contribution in [0.2, 0.25) is 0 Å². The lowest BCUT2D eigenvalue weighted by molar-refractivity contribution is 0.0485. The molecule has 5 heterocycles. The predicted octanol–water partition coefficient (Wildman–Crippen LogP) is 5.15. The quantitative estimate of drug-likeness (QED) is 0.319. The minimum Gasteiger partial charge on any atom is -0.381 e. The minimum atomic E-state index is -0.657. The summed E-state index contributed by atoms with van der Waals surface area (Å²) in [4.78, 5) is 30.2. The molecule has 1 aliphatic rings. The predicted molar refractivity (Wildman–Crippen MR) is 141 cm³/mol. The summed E-state index contributed by atoms with van der Waals surface area (Å²) in [5.41, 5.74) is 1.57. The van der Waals surface area contributed by atoms with Crippen molar-refractivity contribution in [1.82, 2.24) is 25.3 Å². The number of ether oxygens (including phenoxy) is 1. The third-order valence-corrected chi connectivity index (χ3v) is 8.27. The number of rotatable bonds is 8. The Labute approximate surface area is 222 Å². The maximum Gasteiger partial charge on any atom is 0.273 e. The summed E-state index contributed by atoms with van der Waals surface area (Å²) in [5, 5.41) is 6.72. The molecule has 11 heteroatoms. The lowest BCUT2D eigenvalue weighted by atomic mass is 9.74. The van der Waals surface area contributed by atoms with Crippen molar-refractivity contribution in [3.63, 3.8) is 0 Å². The van der Waals surface area contributed by atoms with Gasteiger partial charge in [-0.05, 0) is 55.2 Å². The highest BCUT2D eigenvalue weighted by molar-refractivity contribution is 8.01. The number of carbonyl (C=O) groups is 1. The second kappa shape index (κ2) is 11.3. The molecule has 37 heavy (non-hydrogen) atoms. The van der Waals surface area contributed by atoms with Gasteiger partial charge < -0.3 is 15.4 Å². The summed E-state index contributed by atoms with van der Waals surface area (Å²) in [6, 6.07) is 9.28. The standard InChI is InChI=1S/C26H25FN6O2S2/c1-17-4-9-29-20(13-17)33-25-31-15-21(37-25)36-19-5-10-30-23(22(19)27)24(34)32-16-26(6-11-35-12-7-26)18-3-2-8-28-14-18/h2-5,8-10,13-15H,6-7,11-12,16H2,1H3,(H,32,34)(H,29,31,33). The molecule has 5 rings (SSSR count). The van der Waals surface area contributed by atoms with Crippen LogP contribution in [0.15, 0.2) is 70.4 Å². The van der Waals surface area contributed by atoms with E-state index in [9.17, 15) is 4.79 Å². The molecule has 0 spiro atoms. The first kappa shape index (κ1) is 25.2. The van der Waals surface area contributed by atoms with Crippen molar-refractivity contribution in [3.8, 4) is 0 Å². The van der Waals surface area contributed by atoms with Crippen LogP contribution in [0.25, 0.3) is 0 Å². The van der Waals surface area contributed by atoms with Crippen LogP contribution in [0, 0.1) is 12.7 Å². The van der Waals surface area contributed by atoms with Gasteiger partial charge in [-0.15, -0.1) is 0 Å². The van der Waals surface area contributed by atoms with Crippen molar-refractivity contribution in [2.75, 3.05) is 25.1 Å². The Hall–Kier alpha value is -3.41. The van der Waals surface area contributed by atoms with E-state index >= 15 is 4.39 Å². The van der Waals surface area contributed by atoms with Crippen molar-refractivity contribution < 1.29 is 13.9 Å². The second-order valence-corrected chi connectivity index (χ2v) is 11.1. The number of amides is 1. The zero-order valence-electron chi connectivity index (χ0n) is 20.1. The molecule has 0 aliphatic carbocycles. The van der Waals surface area contributed by atoms with E-state index in [1.807, 2.05) is 37.4 Å². The fourth-order valence-electron chi connectivity index (χ4n) is 4.19. The Morgan fingerprint density at radius 2 is 1.97 bits per heavy atom. The van der Waals surface area contributed by atoms with Crippen LogP contribution in [0.3, 0.4) is 0 Å². The number of hydrogen-bond donors (Lipinski definition) is 2. The van der Waals surface area contributed by atoms with E-state index in [1.54, 1.807) is 24.7 Å². The maximum absolute atomic E-state index is 15.4. The van der Waals surface area contributed by atoms with Gasteiger partial charge in [0.15, 0.2) is 16.6 Å². The normalized spacial score (nSPS) is 14.8. The number of pyridine rings is 3. The van der Waals surface area contributed by atoms with Gasteiger partial charge in [0.25, 0.3) is 5.91 Å². The summed E-state index contributed by atoms with van der Waals surface area (Å²) in [6.07, 6.45) is 9.86. The number of aromatic nitrogens is 4. The number of halogens is 1. The Balaban J connectivity index is 1.27. The monoisotopic (exact) mass is 536 g/mol. The van der Waals surface area contributed by atoms with Crippen molar-refractivity contribution in [2.24, 2.45) is 0 Å². The Morgan fingerprint density at radius 1 is 1.14 bits per heavy atom. The summed E-state index contributed by atoms with van der Waals surface area (Å²) < 4.78 is 21.7. The topological polar surface area (TPSA) is 102 Å². The van der Waals surface area contributed by atoms with Crippen LogP contribution in [0.5, 0.6) is 0 Å². The Morgan fingerprint density at radius 3 is 2.76 bits per heavy atom. The van der Waals surface area contributed by atoms with E-state index in [1.165, 1.54) is 29.3 Å². The zero-order chi connectivity index (χ0) is 25.7. The largest absolute Gasteiger partial charge is 0.381 e. The highest BCUT2D eigenvalue weighted by atomic mass is 32.2. The van der Waals surface area contributed by atoms with Crippen molar-refractivity contribution >= 4 is 40.0 Å². The van der Waals surface area contributed by atoms with Crippen LogP contribution in [0.4, 0.5) is 15.3 Å². The van der Waals surface area contributed by atoms with E-state index in [0.717, 1.165) is 28.2 Å². The average molecular weight is 537 g/mol. The molecule has 0 unspecified atom stereocenters. The molecule has 1 amide bonds. The highest BCUT2D eigenvalue weighted by Crippen LogP contribution is 2.37. The van der Waals surface area contributed by atoms with Gasteiger partial charge in [-0.3, -0.25) is 9.78 Å². The van der Waals surface area contributed by atoms with Crippen LogP contribution >= 0.6 is 23.1 Å². The fourth-order valence-corrected chi connectivity index (χ4v) is 6.06. The van der Waals surface area contributed by atoms with E-state index in [0.29, 0.717) is 35.6 Å². The van der Waals surface area contributed by atoms with E-state index in [-0.39, 0.29) is 11.1 Å². The molecule has 1 saturated heterocycles. The average Bonchev–Trinajstić information content (AvgIpc) is 3.36. The number of hydrogen-bond acceptors (Lipinski definition) is 9. The molecule has 0 aromatic carbocycles.